The highest BCUT2D eigenvalue weighted by molar-refractivity contribution is 5.93. The number of esters is 2. The molecule has 0 radical (unpaired) electrons. The van der Waals surface area contributed by atoms with Crippen LogP contribution in [0.5, 0.6) is 11.5 Å². The standard InChI is InChI=1S/C15H12N2O4/c1-4-12(18)20-10-6-7-11(21-13(19)5-2)15-14(10)16-8-9(3)17-15/h4-8H,1-2H2,3H3. The number of aromatic nitrogens is 2. The minimum absolute atomic E-state index is 0.209. The average molecular weight is 284 g/mol. The lowest BCUT2D eigenvalue weighted by atomic mass is 10.2. The molecule has 0 fully saturated rings. The number of aryl methyl sites for hydroxylation is 1. The summed E-state index contributed by atoms with van der Waals surface area (Å²) in [5.41, 5.74) is 1.26. The van der Waals surface area contributed by atoms with Crippen LogP contribution in [0, 0.1) is 6.92 Å². The zero-order valence-electron chi connectivity index (χ0n) is 11.3. The lowest BCUT2D eigenvalue weighted by molar-refractivity contribution is -0.130. The van der Waals surface area contributed by atoms with Crippen LogP contribution >= 0.6 is 0 Å². The van der Waals surface area contributed by atoms with Gasteiger partial charge in [0.25, 0.3) is 0 Å². The van der Waals surface area contributed by atoms with E-state index >= 15 is 0 Å². The Labute approximate surface area is 120 Å². The molecule has 0 aliphatic rings. The molecule has 0 unspecified atom stereocenters. The number of hydrogen-bond donors (Lipinski definition) is 0. The number of ether oxygens (including phenoxy) is 2. The second-order valence-corrected chi connectivity index (χ2v) is 4.02. The lowest BCUT2D eigenvalue weighted by Crippen LogP contribution is -2.07. The SMILES string of the molecule is C=CC(=O)Oc1ccc(OC(=O)C=C)c2nc(C)cnc12. The first-order valence-corrected chi connectivity index (χ1v) is 6.00. The van der Waals surface area contributed by atoms with Gasteiger partial charge in [-0.3, -0.25) is 0 Å². The molecule has 0 N–H and O–H groups in total. The molecule has 106 valence electrons. The number of carbonyl (C=O) groups is 2. The monoisotopic (exact) mass is 284 g/mol. The summed E-state index contributed by atoms with van der Waals surface area (Å²) in [6, 6.07) is 2.95. The van der Waals surface area contributed by atoms with E-state index in [1.54, 1.807) is 6.92 Å². The Morgan fingerprint density at radius 2 is 1.57 bits per heavy atom. The van der Waals surface area contributed by atoms with Crippen LogP contribution in [-0.2, 0) is 9.59 Å². The van der Waals surface area contributed by atoms with Gasteiger partial charge in [0.15, 0.2) is 11.5 Å². The van der Waals surface area contributed by atoms with Gasteiger partial charge in [0.05, 0.1) is 5.69 Å². The molecule has 0 spiro atoms. The zero-order valence-corrected chi connectivity index (χ0v) is 11.3. The number of benzene rings is 1. The summed E-state index contributed by atoms with van der Waals surface area (Å²) in [5, 5.41) is 0. The summed E-state index contributed by atoms with van der Waals surface area (Å²) in [5.74, 6) is -0.810. The number of rotatable bonds is 4. The van der Waals surface area contributed by atoms with Crippen LogP contribution in [-0.4, -0.2) is 21.9 Å². The van der Waals surface area contributed by atoms with Crippen molar-refractivity contribution in [2.45, 2.75) is 6.92 Å². The third kappa shape index (κ3) is 3.11. The van der Waals surface area contributed by atoms with E-state index < -0.39 is 11.9 Å². The summed E-state index contributed by atoms with van der Waals surface area (Å²) in [6.07, 6.45) is 3.60. The maximum Gasteiger partial charge on any atom is 0.335 e. The predicted molar refractivity (Wildman–Crippen MR) is 75.9 cm³/mol. The van der Waals surface area contributed by atoms with Crippen LogP contribution in [0.15, 0.2) is 43.6 Å². The highest BCUT2D eigenvalue weighted by Crippen LogP contribution is 2.30. The Balaban J connectivity index is 2.58. The minimum atomic E-state index is -0.616. The van der Waals surface area contributed by atoms with Crippen molar-refractivity contribution >= 4 is 23.0 Å². The molecular formula is C15H12N2O4. The van der Waals surface area contributed by atoms with Crippen LogP contribution in [0.3, 0.4) is 0 Å². The Morgan fingerprint density at radius 3 is 2.10 bits per heavy atom. The molecule has 2 aromatic rings. The molecular weight excluding hydrogens is 272 g/mol. The Bertz CT molecular complexity index is 753. The van der Waals surface area contributed by atoms with Gasteiger partial charge in [-0.1, -0.05) is 13.2 Å². The van der Waals surface area contributed by atoms with E-state index in [9.17, 15) is 9.59 Å². The Hall–Kier alpha value is -3.02. The topological polar surface area (TPSA) is 78.4 Å². The first kappa shape index (κ1) is 14.4. The molecule has 1 heterocycles. The Kier molecular flexibility index (Phi) is 4.08. The van der Waals surface area contributed by atoms with Crippen molar-refractivity contribution in [3.63, 3.8) is 0 Å². The zero-order chi connectivity index (χ0) is 15.4. The van der Waals surface area contributed by atoms with Gasteiger partial charge >= 0.3 is 11.9 Å². The van der Waals surface area contributed by atoms with Gasteiger partial charge in [-0.15, -0.1) is 0 Å². The molecule has 0 saturated carbocycles. The summed E-state index contributed by atoms with van der Waals surface area (Å²) in [4.78, 5) is 31.1. The molecule has 6 nitrogen and oxygen atoms in total. The number of nitrogens with zero attached hydrogens (tertiary/aromatic N) is 2. The Morgan fingerprint density at radius 1 is 1.05 bits per heavy atom. The maximum absolute atomic E-state index is 11.3. The van der Waals surface area contributed by atoms with Crippen LogP contribution < -0.4 is 9.47 Å². The summed E-state index contributed by atoms with van der Waals surface area (Å²) in [6.45, 7) is 8.40. The van der Waals surface area contributed by atoms with Crippen molar-refractivity contribution in [1.29, 1.82) is 0 Å². The smallest absolute Gasteiger partial charge is 0.335 e. The van der Waals surface area contributed by atoms with Crippen molar-refractivity contribution in [2.75, 3.05) is 0 Å². The summed E-state index contributed by atoms with van der Waals surface area (Å²) < 4.78 is 10.2. The van der Waals surface area contributed by atoms with E-state index in [0.717, 1.165) is 12.2 Å². The fourth-order valence-electron chi connectivity index (χ4n) is 1.60. The van der Waals surface area contributed by atoms with Gasteiger partial charge in [-0.2, -0.15) is 0 Å². The second-order valence-electron chi connectivity index (χ2n) is 4.02. The van der Waals surface area contributed by atoms with E-state index in [0.29, 0.717) is 16.7 Å². The van der Waals surface area contributed by atoms with Crippen molar-refractivity contribution < 1.29 is 19.1 Å². The van der Waals surface area contributed by atoms with Crippen LogP contribution in [0.4, 0.5) is 0 Å². The fraction of sp³-hybridized carbons (Fsp3) is 0.0667. The molecule has 0 bridgehead atoms. The van der Waals surface area contributed by atoms with Gasteiger partial charge in [-0.25, -0.2) is 19.6 Å². The lowest BCUT2D eigenvalue weighted by Gasteiger charge is -2.09. The van der Waals surface area contributed by atoms with Gasteiger partial charge in [0.2, 0.25) is 0 Å². The molecule has 2 rings (SSSR count). The van der Waals surface area contributed by atoms with Gasteiger partial charge in [0, 0.05) is 18.3 Å². The molecule has 6 heteroatoms. The third-order valence-corrected chi connectivity index (χ3v) is 2.50. The largest absolute Gasteiger partial charge is 0.421 e. The molecule has 0 amide bonds. The molecule has 21 heavy (non-hydrogen) atoms. The molecule has 0 saturated heterocycles. The van der Waals surface area contributed by atoms with Gasteiger partial charge in [-0.05, 0) is 19.1 Å². The molecule has 1 aromatic carbocycles. The van der Waals surface area contributed by atoms with Crippen LogP contribution in [0.1, 0.15) is 5.69 Å². The predicted octanol–water partition coefficient (Wildman–Crippen LogP) is 2.12. The van der Waals surface area contributed by atoms with E-state index in [4.69, 9.17) is 9.47 Å². The van der Waals surface area contributed by atoms with E-state index in [2.05, 4.69) is 23.1 Å². The highest BCUT2D eigenvalue weighted by Gasteiger charge is 2.14. The normalized spacial score (nSPS) is 9.95. The van der Waals surface area contributed by atoms with Crippen molar-refractivity contribution in [3.05, 3.63) is 49.3 Å². The van der Waals surface area contributed by atoms with Gasteiger partial charge in [0.1, 0.15) is 11.0 Å². The highest BCUT2D eigenvalue weighted by atomic mass is 16.5. The van der Waals surface area contributed by atoms with Crippen molar-refractivity contribution in [2.24, 2.45) is 0 Å². The van der Waals surface area contributed by atoms with E-state index in [1.165, 1.54) is 18.3 Å². The first-order chi connectivity index (χ1) is 10.0. The average Bonchev–Trinajstić information content (AvgIpc) is 2.49. The van der Waals surface area contributed by atoms with Gasteiger partial charge < -0.3 is 9.47 Å². The maximum atomic E-state index is 11.3. The van der Waals surface area contributed by atoms with E-state index in [-0.39, 0.29) is 11.5 Å². The van der Waals surface area contributed by atoms with E-state index in [1.807, 2.05) is 0 Å². The molecule has 0 aliphatic heterocycles. The third-order valence-electron chi connectivity index (χ3n) is 2.50. The molecule has 0 atom stereocenters. The van der Waals surface area contributed by atoms with Crippen molar-refractivity contribution in [3.8, 4) is 11.5 Å². The quantitative estimate of drug-likeness (QED) is 0.486. The molecule has 1 aromatic heterocycles. The fourth-order valence-corrected chi connectivity index (χ4v) is 1.60. The number of hydrogen-bond acceptors (Lipinski definition) is 6. The summed E-state index contributed by atoms with van der Waals surface area (Å²) in [7, 11) is 0. The van der Waals surface area contributed by atoms with Crippen LogP contribution in [0.2, 0.25) is 0 Å². The number of fused-ring (bicyclic) bond motifs is 1. The molecule has 0 aliphatic carbocycles. The minimum Gasteiger partial charge on any atom is -0.421 e. The summed E-state index contributed by atoms with van der Waals surface area (Å²) >= 11 is 0. The van der Waals surface area contributed by atoms with Crippen LogP contribution in [0.25, 0.3) is 11.0 Å². The first-order valence-electron chi connectivity index (χ1n) is 6.00. The number of carbonyl (C=O) groups excluding carboxylic acids is 2. The second kappa shape index (κ2) is 5.96. The van der Waals surface area contributed by atoms with Crippen molar-refractivity contribution in [1.82, 2.24) is 9.97 Å².